The molecule has 2 N–H and O–H groups in total. The molecule has 0 atom stereocenters. The Balaban J connectivity index is 1.93. The Morgan fingerprint density at radius 3 is 2.83 bits per heavy atom. The second kappa shape index (κ2) is 6.16. The monoisotopic (exact) mass is 265 g/mol. The van der Waals surface area contributed by atoms with Crippen LogP contribution >= 0.6 is 11.3 Å². The van der Waals surface area contributed by atoms with E-state index in [0.717, 1.165) is 30.6 Å². The van der Waals surface area contributed by atoms with Gasteiger partial charge >= 0.3 is 0 Å². The fraction of sp³-hybridized carbons (Fsp3) is 0.500. The van der Waals surface area contributed by atoms with Gasteiger partial charge in [0.05, 0.1) is 12.1 Å². The summed E-state index contributed by atoms with van der Waals surface area (Å²) in [7, 11) is 0. The molecule has 3 nitrogen and oxygen atoms in total. The van der Waals surface area contributed by atoms with Crippen LogP contribution in [0.3, 0.4) is 0 Å². The molecule has 0 radical (unpaired) electrons. The minimum atomic E-state index is -0.394. The molecular weight excluding hydrogens is 246 g/mol. The predicted molar refractivity (Wildman–Crippen MR) is 74.4 cm³/mol. The molecule has 0 spiro atoms. The fourth-order valence-corrected chi connectivity index (χ4v) is 3.02. The van der Waals surface area contributed by atoms with E-state index in [2.05, 4.69) is 5.32 Å². The van der Waals surface area contributed by atoms with Crippen LogP contribution in [0.25, 0.3) is 6.08 Å². The number of aliphatic hydroxyl groups excluding tert-OH is 1. The summed E-state index contributed by atoms with van der Waals surface area (Å²) in [5.41, 5.74) is -0.394. The lowest BCUT2D eigenvalue weighted by atomic mass is 9.82. The molecule has 1 aliphatic rings. The van der Waals surface area contributed by atoms with Gasteiger partial charge in [0.2, 0.25) is 5.91 Å². The molecule has 0 aliphatic heterocycles. The standard InChI is InChI=1S/C14H19NO2S/c16-11-14(8-2-1-3-9-14)15-13(17)7-6-12-5-4-10-18-12/h4-7,10,16H,1-3,8-9,11H2,(H,15,17). The quantitative estimate of drug-likeness (QED) is 0.822. The van der Waals surface area contributed by atoms with Crippen LogP contribution in [0.4, 0.5) is 0 Å². The number of hydrogen-bond donors (Lipinski definition) is 2. The number of aliphatic hydroxyl groups is 1. The van der Waals surface area contributed by atoms with Crippen molar-refractivity contribution in [2.45, 2.75) is 37.6 Å². The Morgan fingerprint density at radius 1 is 1.44 bits per heavy atom. The molecule has 1 aromatic heterocycles. The highest BCUT2D eigenvalue weighted by atomic mass is 32.1. The van der Waals surface area contributed by atoms with Gasteiger partial charge in [0.15, 0.2) is 0 Å². The third-order valence-corrected chi connectivity index (χ3v) is 4.28. The second-order valence-electron chi connectivity index (χ2n) is 4.84. The van der Waals surface area contributed by atoms with Gasteiger partial charge in [0.1, 0.15) is 0 Å². The second-order valence-corrected chi connectivity index (χ2v) is 5.82. The summed E-state index contributed by atoms with van der Waals surface area (Å²) < 4.78 is 0. The Morgan fingerprint density at radius 2 is 2.22 bits per heavy atom. The lowest BCUT2D eigenvalue weighted by Gasteiger charge is -2.36. The first-order valence-electron chi connectivity index (χ1n) is 6.39. The van der Waals surface area contributed by atoms with Crippen molar-refractivity contribution in [1.29, 1.82) is 0 Å². The van der Waals surface area contributed by atoms with Crippen molar-refractivity contribution in [1.82, 2.24) is 5.32 Å². The van der Waals surface area contributed by atoms with E-state index < -0.39 is 5.54 Å². The predicted octanol–water partition coefficient (Wildman–Crippen LogP) is 2.57. The topological polar surface area (TPSA) is 49.3 Å². The molecule has 1 heterocycles. The minimum Gasteiger partial charge on any atom is -0.394 e. The van der Waals surface area contributed by atoms with Gasteiger partial charge in [-0.15, -0.1) is 11.3 Å². The SMILES string of the molecule is O=C(C=Cc1cccs1)NC1(CO)CCCCC1. The Hall–Kier alpha value is -1.13. The molecule has 0 unspecified atom stereocenters. The van der Waals surface area contributed by atoms with Crippen molar-refractivity contribution in [2.24, 2.45) is 0 Å². The van der Waals surface area contributed by atoms with Crippen molar-refractivity contribution < 1.29 is 9.90 Å². The van der Waals surface area contributed by atoms with Gasteiger partial charge in [0, 0.05) is 11.0 Å². The third-order valence-electron chi connectivity index (χ3n) is 3.44. The summed E-state index contributed by atoms with van der Waals surface area (Å²) in [5.74, 6) is -0.112. The average Bonchev–Trinajstić information content (AvgIpc) is 2.91. The van der Waals surface area contributed by atoms with Gasteiger partial charge in [-0.1, -0.05) is 25.3 Å². The van der Waals surface area contributed by atoms with Crippen molar-refractivity contribution in [3.05, 3.63) is 28.5 Å². The summed E-state index contributed by atoms with van der Waals surface area (Å²) >= 11 is 1.60. The molecule has 1 aromatic rings. The molecular formula is C14H19NO2S. The van der Waals surface area contributed by atoms with Gasteiger partial charge in [0.25, 0.3) is 0 Å². The molecule has 1 amide bonds. The smallest absolute Gasteiger partial charge is 0.244 e. The van der Waals surface area contributed by atoms with Gasteiger partial charge in [-0.25, -0.2) is 0 Å². The summed E-state index contributed by atoms with van der Waals surface area (Å²) in [6, 6.07) is 3.93. The van der Waals surface area contributed by atoms with Crippen LogP contribution < -0.4 is 5.32 Å². The lowest BCUT2D eigenvalue weighted by molar-refractivity contribution is -0.119. The van der Waals surface area contributed by atoms with Crippen LogP contribution in [0.5, 0.6) is 0 Å². The molecule has 1 saturated carbocycles. The van der Waals surface area contributed by atoms with Gasteiger partial charge in [-0.2, -0.15) is 0 Å². The van der Waals surface area contributed by atoms with Crippen LogP contribution in [-0.4, -0.2) is 23.2 Å². The van der Waals surface area contributed by atoms with E-state index in [0.29, 0.717) is 0 Å². The van der Waals surface area contributed by atoms with E-state index in [9.17, 15) is 9.90 Å². The first kappa shape index (κ1) is 13.3. The highest BCUT2D eigenvalue weighted by molar-refractivity contribution is 7.10. The van der Waals surface area contributed by atoms with E-state index >= 15 is 0 Å². The van der Waals surface area contributed by atoms with Crippen LogP contribution in [0, 0.1) is 0 Å². The van der Waals surface area contributed by atoms with Gasteiger partial charge in [-0.05, 0) is 30.4 Å². The summed E-state index contributed by atoms with van der Waals surface area (Å²) in [6.45, 7) is 0.0333. The third kappa shape index (κ3) is 3.43. The molecule has 2 rings (SSSR count). The lowest BCUT2D eigenvalue weighted by Crippen LogP contribution is -2.52. The molecule has 18 heavy (non-hydrogen) atoms. The number of amides is 1. The maximum absolute atomic E-state index is 11.9. The number of nitrogens with one attached hydrogen (secondary N) is 1. The van der Waals surface area contributed by atoms with Crippen molar-refractivity contribution in [3.63, 3.8) is 0 Å². The Labute approximate surface area is 112 Å². The number of hydrogen-bond acceptors (Lipinski definition) is 3. The van der Waals surface area contributed by atoms with E-state index in [1.807, 2.05) is 23.6 Å². The van der Waals surface area contributed by atoms with Gasteiger partial charge in [-0.3, -0.25) is 4.79 Å². The maximum atomic E-state index is 11.9. The summed E-state index contributed by atoms with van der Waals surface area (Å²) in [6.07, 6.45) is 8.48. The number of rotatable bonds is 4. The van der Waals surface area contributed by atoms with Crippen LogP contribution in [0.1, 0.15) is 37.0 Å². The first-order chi connectivity index (χ1) is 8.74. The Bertz CT molecular complexity index is 405. The van der Waals surface area contributed by atoms with Crippen LogP contribution in [0.15, 0.2) is 23.6 Å². The molecule has 98 valence electrons. The summed E-state index contributed by atoms with van der Waals surface area (Å²) in [5, 5.41) is 14.5. The van der Waals surface area contributed by atoms with Crippen molar-refractivity contribution in [3.8, 4) is 0 Å². The highest BCUT2D eigenvalue weighted by Gasteiger charge is 2.32. The maximum Gasteiger partial charge on any atom is 0.244 e. The normalized spacial score (nSPS) is 18.9. The Kier molecular flexibility index (Phi) is 4.55. The van der Waals surface area contributed by atoms with Crippen LogP contribution in [0.2, 0.25) is 0 Å². The van der Waals surface area contributed by atoms with E-state index in [1.54, 1.807) is 17.4 Å². The molecule has 4 heteroatoms. The van der Waals surface area contributed by atoms with Crippen molar-refractivity contribution >= 4 is 23.3 Å². The van der Waals surface area contributed by atoms with E-state index in [-0.39, 0.29) is 12.5 Å². The molecule has 0 bridgehead atoms. The average molecular weight is 265 g/mol. The molecule has 1 fully saturated rings. The highest BCUT2D eigenvalue weighted by Crippen LogP contribution is 2.27. The van der Waals surface area contributed by atoms with E-state index in [1.165, 1.54) is 6.42 Å². The van der Waals surface area contributed by atoms with Gasteiger partial charge < -0.3 is 10.4 Å². The zero-order chi connectivity index (χ0) is 12.8. The number of carbonyl (C=O) groups excluding carboxylic acids is 1. The summed E-state index contributed by atoms with van der Waals surface area (Å²) in [4.78, 5) is 12.9. The fourth-order valence-electron chi connectivity index (χ4n) is 2.40. The molecule has 1 aliphatic carbocycles. The van der Waals surface area contributed by atoms with Crippen molar-refractivity contribution in [2.75, 3.05) is 6.61 Å². The number of thiophene rings is 1. The molecule has 0 aromatic carbocycles. The number of carbonyl (C=O) groups is 1. The first-order valence-corrected chi connectivity index (χ1v) is 7.27. The molecule has 0 saturated heterocycles. The minimum absolute atomic E-state index is 0.0333. The largest absolute Gasteiger partial charge is 0.394 e. The van der Waals surface area contributed by atoms with Crippen LogP contribution in [-0.2, 0) is 4.79 Å². The van der Waals surface area contributed by atoms with E-state index in [4.69, 9.17) is 0 Å². The zero-order valence-corrected chi connectivity index (χ0v) is 11.2. The zero-order valence-electron chi connectivity index (χ0n) is 10.4.